The van der Waals surface area contributed by atoms with Crippen molar-refractivity contribution in [2.45, 2.75) is 34.1 Å². The van der Waals surface area contributed by atoms with E-state index in [1.807, 2.05) is 32.9 Å². The van der Waals surface area contributed by atoms with Crippen LogP contribution in [0.15, 0.2) is 36.4 Å². The Bertz CT molecular complexity index is 870. The molecule has 2 N–H and O–H groups in total. The van der Waals surface area contributed by atoms with Gasteiger partial charge in [-0.05, 0) is 68.7 Å². The highest BCUT2D eigenvalue weighted by atomic mass is 16.1. The van der Waals surface area contributed by atoms with Crippen molar-refractivity contribution < 1.29 is 4.79 Å². The number of amides is 1. The van der Waals surface area contributed by atoms with Crippen LogP contribution in [-0.4, -0.2) is 10.9 Å². The minimum absolute atomic E-state index is 0.0144. The Kier molecular flexibility index (Phi) is 3.95. The van der Waals surface area contributed by atoms with Crippen LogP contribution >= 0.6 is 0 Å². The highest BCUT2D eigenvalue weighted by molar-refractivity contribution is 5.96. The largest absolute Gasteiger partial charge is 0.358 e. The van der Waals surface area contributed by atoms with Crippen molar-refractivity contribution in [3.05, 3.63) is 64.3 Å². The van der Waals surface area contributed by atoms with Gasteiger partial charge in [0.1, 0.15) is 0 Å². The highest BCUT2D eigenvalue weighted by Crippen LogP contribution is 2.24. The molecule has 0 radical (unpaired) electrons. The van der Waals surface area contributed by atoms with Crippen LogP contribution in [0.25, 0.3) is 10.9 Å². The van der Waals surface area contributed by atoms with E-state index in [-0.39, 0.29) is 5.91 Å². The van der Waals surface area contributed by atoms with Crippen molar-refractivity contribution in [1.82, 2.24) is 4.98 Å². The molecule has 1 aromatic heterocycles. The van der Waals surface area contributed by atoms with Gasteiger partial charge < -0.3 is 10.3 Å². The van der Waals surface area contributed by atoms with E-state index in [9.17, 15) is 4.79 Å². The summed E-state index contributed by atoms with van der Waals surface area (Å²) in [6, 6.07) is 12.4. The first-order valence-electron chi connectivity index (χ1n) is 7.88. The van der Waals surface area contributed by atoms with Gasteiger partial charge in [-0.25, -0.2) is 0 Å². The molecule has 0 aliphatic heterocycles. The second-order valence-electron chi connectivity index (χ2n) is 6.38. The number of rotatable bonds is 3. The number of fused-ring (bicyclic) bond motifs is 1. The van der Waals surface area contributed by atoms with E-state index in [1.54, 1.807) is 0 Å². The van der Waals surface area contributed by atoms with Crippen LogP contribution < -0.4 is 5.32 Å². The van der Waals surface area contributed by atoms with Gasteiger partial charge in [0.05, 0.1) is 6.42 Å². The van der Waals surface area contributed by atoms with E-state index >= 15 is 0 Å². The van der Waals surface area contributed by atoms with E-state index in [4.69, 9.17) is 0 Å². The van der Waals surface area contributed by atoms with Gasteiger partial charge in [0.25, 0.3) is 0 Å². The van der Waals surface area contributed by atoms with E-state index in [0.717, 1.165) is 39.0 Å². The second kappa shape index (κ2) is 5.92. The minimum Gasteiger partial charge on any atom is -0.358 e. The number of anilines is 1. The van der Waals surface area contributed by atoms with E-state index in [1.165, 1.54) is 5.56 Å². The molecule has 0 aliphatic carbocycles. The zero-order valence-corrected chi connectivity index (χ0v) is 14.1. The standard InChI is InChI=1S/C20H22N2O/c1-12-5-6-19-18(10-12)17(15(4)21-19)11-20(23)22-16-8-13(2)7-14(3)9-16/h5-10,21H,11H2,1-4H3,(H,22,23). The lowest BCUT2D eigenvalue weighted by Gasteiger charge is -2.08. The summed E-state index contributed by atoms with van der Waals surface area (Å²) in [5, 5.41) is 4.15. The average molecular weight is 306 g/mol. The minimum atomic E-state index is 0.0144. The molecule has 0 atom stereocenters. The highest BCUT2D eigenvalue weighted by Gasteiger charge is 2.13. The molecule has 2 aromatic carbocycles. The lowest BCUT2D eigenvalue weighted by atomic mass is 10.1. The van der Waals surface area contributed by atoms with Gasteiger partial charge in [-0.2, -0.15) is 0 Å². The van der Waals surface area contributed by atoms with Crippen LogP contribution in [0, 0.1) is 27.7 Å². The number of aromatic nitrogens is 1. The Hall–Kier alpha value is -2.55. The predicted molar refractivity (Wildman–Crippen MR) is 96.0 cm³/mol. The van der Waals surface area contributed by atoms with Crippen molar-refractivity contribution in [3.8, 4) is 0 Å². The second-order valence-corrected chi connectivity index (χ2v) is 6.38. The van der Waals surface area contributed by atoms with Crippen LogP contribution in [0.1, 0.15) is 27.9 Å². The average Bonchev–Trinajstić information content (AvgIpc) is 2.74. The lowest BCUT2D eigenvalue weighted by Crippen LogP contribution is -2.15. The number of H-pyrrole nitrogens is 1. The topological polar surface area (TPSA) is 44.9 Å². The number of carbonyl (C=O) groups excluding carboxylic acids is 1. The fraction of sp³-hybridized carbons (Fsp3) is 0.250. The Morgan fingerprint density at radius 3 is 2.35 bits per heavy atom. The van der Waals surface area contributed by atoms with Gasteiger partial charge in [-0.1, -0.05) is 17.7 Å². The van der Waals surface area contributed by atoms with E-state index in [0.29, 0.717) is 6.42 Å². The molecule has 0 saturated heterocycles. The van der Waals surface area contributed by atoms with Crippen LogP contribution in [0.5, 0.6) is 0 Å². The van der Waals surface area contributed by atoms with E-state index in [2.05, 4.69) is 41.5 Å². The van der Waals surface area contributed by atoms with Gasteiger partial charge in [-0.3, -0.25) is 4.79 Å². The first-order valence-corrected chi connectivity index (χ1v) is 7.88. The summed E-state index contributed by atoms with van der Waals surface area (Å²) in [6.45, 7) is 8.17. The number of aryl methyl sites for hydroxylation is 4. The molecule has 3 nitrogen and oxygen atoms in total. The molecular weight excluding hydrogens is 284 g/mol. The quantitative estimate of drug-likeness (QED) is 0.730. The van der Waals surface area contributed by atoms with Crippen LogP contribution in [-0.2, 0) is 11.2 Å². The van der Waals surface area contributed by atoms with Gasteiger partial charge in [0, 0.05) is 22.3 Å². The molecule has 0 aliphatic rings. The third kappa shape index (κ3) is 3.29. The fourth-order valence-electron chi connectivity index (χ4n) is 3.14. The normalized spacial score (nSPS) is 11.0. The molecular formula is C20H22N2O. The number of hydrogen-bond donors (Lipinski definition) is 2. The van der Waals surface area contributed by atoms with Gasteiger partial charge in [0.2, 0.25) is 5.91 Å². The maximum absolute atomic E-state index is 12.5. The predicted octanol–water partition coefficient (Wildman–Crippen LogP) is 4.58. The summed E-state index contributed by atoms with van der Waals surface area (Å²) in [5.74, 6) is 0.0144. The summed E-state index contributed by atoms with van der Waals surface area (Å²) >= 11 is 0. The van der Waals surface area contributed by atoms with Crippen molar-refractivity contribution in [3.63, 3.8) is 0 Å². The summed E-state index contributed by atoms with van der Waals surface area (Å²) in [5.41, 5.74) is 7.58. The fourth-order valence-corrected chi connectivity index (χ4v) is 3.14. The Balaban J connectivity index is 1.85. The molecule has 0 saturated carbocycles. The summed E-state index contributed by atoms with van der Waals surface area (Å²) in [6.07, 6.45) is 0.377. The monoisotopic (exact) mass is 306 g/mol. The smallest absolute Gasteiger partial charge is 0.228 e. The van der Waals surface area contributed by atoms with Gasteiger partial charge >= 0.3 is 0 Å². The summed E-state index contributed by atoms with van der Waals surface area (Å²) in [4.78, 5) is 15.8. The van der Waals surface area contributed by atoms with Crippen LogP contribution in [0.2, 0.25) is 0 Å². The molecule has 3 rings (SSSR count). The van der Waals surface area contributed by atoms with Crippen molar-refractivity contribution in [1.29, 1.82) is 0 Å². The Morgan fingerprint density at radius 1 is 0.957 bits per heavy atom. The third-order valence-corrected chi connectivity index (χ3v) is 4.12. The van der Waals surface area contributed by atoms with Crippen LogP contribution in [0.4, 0.5) is 5.69 Å². The van der Waals surface area contributed by atoms with Gasteiger partial charge in [-0.15, -0.1) is 0 Å². The molecule has 1 heterocycles. The molecule has 3 aromatic rings. The molecule has 3 heteroatoms. The van der Waals surface area contributed by atoms with Gasteiger partial charge in [0.15, 0.2) is 0 Å². The Labute approximate surface area is 136 Å². The van der Waals surface area contributed by atoms with Crippen LogP contribution in [0.3, 0.4) is 0 Å². The molecule has 0 bridgehead atoms. The zero-order valence-electron chi connectivity index (χ0n) is 14.1. The summed E-state index contributed by atoms with van der Waals surface area (Å²) in [7, 11) is 0. The molecule has 0 fully saturated rings. The van der Waals surface area contributed by atoms with E-state index < -0.39 is 0 Å². The maximum Gasteiger partial charge on any atom is 0.228 e. The first-order chi connectivity index (χ1) is 10.9. The Morgan fingerprint density at radius 2 is 1.65 bits per heavy atom. The molecule has 23 heavy (non-hydrogen) atoms. The summed E-state index contributed by atoms with van der Waals surface area (Å²) < 4.78 is 0. The van der Waals surface area contributed by atoms with Crippen molar-refractivity contribution >= 4 is 22.5 Å². The number of nitrogens with one attached hydrogen (secondary N) is 2. The number of hydrogen-bond acceptors (Lipinski definition) is 1. The zero-order chi connectivity index (χ0) is 16.6. The SMILES string of the molecule is Cc1cc(C)cc(NC(=O)Cc2c(C)[nH]c3ccc(C)cc23)c1. The maximum atomic E-state index is 12.5. The molecule has 118 valence electrons. The van der Waals surface area contributed by atoms with Crippen molar-refractivity contribution in [2.24, 2.45) is 0 Å². The number of carbonyl (C=O) groups is 1. The lowest BCUT2D eigenvalue weighted by molar-refractivity contribution is -0.115. The molecule has 0 spiro atoms. The number of aromatic amines is 1. The molecule has 0 unspecified atom stereocenters. The third-order valence-electron chi connectivity index (χ3n) is 4.12. The number of benzene rings is 2. The first kappa shape index (κ1) is 15.3. The molecule has 1 amide bonds. The van der Waals surface area contributed by atoms with Crippen molar-refractivity contribution in [2.75, 3.05) is 5.32 Å².